The Morgan fingerprint density at radius 2 is 1.95 bits per heavy atom. The molecule has 0 aliphatic heterocycles. The van der Waals surface area contributed by atoms with E-state index in [2.05, 4.69) is 15.6 Å². The number of carbonyl (C=O) groups excluding carboxylic acids is 2. The molecule has 10 heteroatoms. The van der Waals surface area contributed by atoms with Gasteiger partial charge in [-0.15, -0.1) is 0 Å². The van der Waals surface area contributed by atoms with E-state index in [1.807, 2.05) is 13.0 Å². The number of halogens is 2. The Hall–Kier alpha value is -3.17. The second-order valence-corrected chi connectivity index (χ2v) is 9.51. The Labute approximate surface area is 227 Å². The molecular weight excluding hydrogens is 511 g/mol. The van der Waals surface area contributed by atoms with Crippen molar-refractivity contribution in [3.05, 3.63) is 92.6 Å². The summed E-state index contributed by atoms with van der Waals surface area (Å²) in [6, 6.07) is 11.9. The molecule has 0 bridgehead atoms. The number of allylic oxidation sites excluding steroid dienone is 1. The number of nitrogens with one attached hydrogen (secondary N) is 2. The van der Waals surface area contributed by atoms with Crippen molar-refractivity contribution >= 4 is 40.9 Å². The van der Waals surface area contributed by atoms with Gasteiger partial charge in [-0.2, -0.15) is 4.99 Å². The van der Waals surface area contributed by atoms with E-state index in [4.69, 9.17) is 40.4 Å². The number of nitrogens with zero attached hydrogens (tertiary/aromatic N) is 1. The van der Waals surface area contributed by atoms with Crippen LogP contribution in [0.25, 0.3) is 0 Å². The topological polar surface area (TPSA) is 149 Å². The molecule has 0 fully saturated rings. The zero-order valence-electron chi connectivity index (χ0n) is 20.6. The van der Waals surface area contributed by atoms with E-state index < -0.39 is 17.9 Å². The van der Waals surface area contributed by atoms with E-state index >= 15 is 0 Å². The molecule has 1 aliphatic rings. The zero-order valence-corrected chi connectivity index (χ0v) is 22.1. The Bertz CT molecular complexity index is 1240. The Morgan fingerprint density at radius 1 is 1.16 bits per heavy atom. The number of carbonyl (C=O) groups is 2. The van der Waals surface area contributed by atoms with Gasteiger partial charge in [-0.3, -0.25) is 9.59 Å². The molecule has 8 N–H and O–H groups in total. The minimum atomic E-state index is -0.512. The fourth-order valence-electron chi connectivity index (χ4n) is 4.03. The number of hydrogen-bond acceptors (Lipinski definition) is 5. The fourth-order valence-corrected chi connectivity index (χ4v) is 4.34. The van der Waals surface area contributed by atoms with Crippen LogP contribution >= 0.6 is 23.2 Å². The van der Waals surface area contributed by atoms with Crippen molar-refractivity contribution in [2.45, 2.75) is 38.3 Å². The van der Waals surface area contributed by atoms with E-state index in [9.17, 15) is 9.59 Å². The molecule has 196 valence electrons. The first kappa shape index (κ1) is 28.4. The van der Waals surface area contributed by atoms with Crippen LogP contribution < -0.4 is 27.8 Å². The van der Waals surface area contributed by atoms with Crippen LogP contribution in [0, 0.1) is 0 Å². The van der Waals surface area contributed by atoms with Crippen LogP contribution in [0.15, 0.2) is 70.9 Å². The van der Waals surface area contributed by atoms with Crippen molar-refractivity contribution in [3.63, 3.8) is 0 Å². The van der Waals surface area contributed by atoms with Crippen LogP contribution in [0.2, 0.25) is 10.0 Å². The summed E-state index contributed by atoms with van der Waals surface area (Å²) < 4.78 is 0. The van der Waals surface area contributed by atoms with Crippen molar-refractivity contribution in [2.24, 2.45) is 22.2 Å². The minimum Gasteiger partial charge on any atom is -0.398 e. The summed E-state index contributed by atoms with van der Waals surface area (Å²) in [5.41, 5.74) is 21.1. The van der Waals surface area contributed by atoms with Crippen LogP contribution in [0.5, 0.6) is 0 Å². The number of aliphatic imine (C=N–C) groups is 1. The van der Waals surface area contributed by atoms with Crippen molar-refractivity contribution < 1.29 is 9.59 Å². The van der Waals surface area contributed by atoms with E-state index in [1.54, 1.807) is 48.6 Å². The maximum atomic E-state index is 13.2. The average Bonchev–Trinajstić information content (AvgIpc) is 2.88. The Kier molecular flexibility index (Phi) is 10.3. The number of nitrogens with two attached hydrogens (primary N) is 3. The van der Waals surface area contributed by atoms with Crippen LogP contribution in [-0.4, -0.2) is 36.8 Å². The van der Waals surface area contributed by atoms with Crippen molar-refractivity contribution in [2.75, 3.05) is 13.1 Å². The number of amides is 2. The lowest BCUT2D eigenvalue weighted by atomic mass is 9.92. The second kappa shape index (κ2) is 13.4. The summed E-state index contributed by atoms with van der Waals surface area (Å²) >= 11 is 12.2. The number of rotatable bonds is 10. The predicted octanol–water partition coefficient (Wildman–Crippen LogP) is 3.39. The third-order valence-corrected chi connectivity index (χ3v) is 6.75. The number of benzene rings is 2. The summed E-state index contributed by atoms with van der Waals surface area (Å²) in [5, 5.41) is 7.00. The van der Waals surface area contributed by atoms with Gasteiger partial charge in [0, 0.05) is 29.8 Å². The second-order valence-electron chi connectivity index (χ2n) is 8.70. The highest BCUT2D eigenvalue weighted by Gasteiger charge is 2.25. The van der Waals surface area contributed by atoms with Gasteiger partial charge in [-0.25, -0.2) is 0 Å². The van der Waals surface area contributed by atoms with Crippen molar-refractivity contribution in [3.8, 4) is 0 Å². The molecule has 0 saturated carbocycles. The van der Waals surface area contributed by atoms with Crippen LogP contribution in [0.4, 0.5) is 0 Å². The SMILES string of the molecule is CCNCc1cccc(C(=O)N=C(N)C2=C(N)C=CC(NC(=O)C(CCN)c3ccc(Cl)c(Cl)c3)C2)c1. The van der Waals surface area contributed by atoms with Crippen molar-refractivity contribution in [1.82, 2.24) is 10.6 Å². The van der Waals surface area contributed by atoms with Gasteiger partial charge in [0.25, 0.3) is 5.91 Å². The Balaban J connectivity index is 1.72. The molecule has 2 atom stereocenters. The van der Waals surface area contributed by atoms with E-state index in [0.717, 1.165) is 17.7 Å². The summed E-state index contributed by atoms with van der Waals surface area (Å²) in [5.74, 6) is -1.18. The predicted molar refractivity (Wildman–Crippen MR) is 150 cm³/mol. The lowest BCUT2D eigenvalue weighted by molar-refractivity contribution is -0.123. The zero-order chi connectivity index (χ0) is 26.9. The third kappa shape index (κ3) is 7.66. The molecule has 1 aliphatic carbocycles. The normalized spacial score (nSPS) is 16.5. The Morgan fingerprint density at radius 3 is 2.65 bits per heavy atom. The molecule has 2 aromatic rings. The number of amidine groups is 1. The van der Waals surface area contributed by atoms with Gasteiger partial charge >= 0.3 is 0 Å². The smallest absolute Gasteiger partial charge is 0.278 e. The van der Waals surface area contributed by atoms with Crippen LogP contribution in [0.1, 0.15) is 47.2 Å². The molecular formula is C27H32Cl2N6O2. The molecule has 0 heterocycles. The van der Waals surface area contributed by atoms with Gasteiger partial charge < -0.3 is 27.8 Å². The van der Waals surface area contributed by atoms with Crippen LogP contribution in [-0.2, 0) is 11.3 Å². The van der Waals surface area contributed by atoms with Gasteiger partial charge in [-0.1, -0.05) is 54.4 Å². The van der Waals surface area contributed by atoms with Gasteiger partial charge in [0.1, 0.15) is 5.84 Å². The fraction of sp³-hybridized carbons (Fsp3) is 0.296. The lowest BCUT2D eigenvalue weighted by Gasteiger charge is -2.24. The third-order valence-electron chi connectivity index (χ3n) is 6.01. The molecule has 0 radical (unpaired) electrons. The van der Waals surface area contributed by atoms with Gasteiger partial charge in [0.15, 0.2) is 0 Å². The largest absolute Gasteiger partial charge is 0.398 e. The van der Waals surface area contributed by atoms with Gasteiger partial charge in [-0.05, 0) is 61.0 Å². The molecule has 0 spiro atoms. The quantitative estimate of drug-likeness (QED) is 0.229. The van der Waals surface area contributed by atoms with E-state index in [1.165, 1.54) is 0 Å². The first-order chi connectivity index (χ1) is 17.7. The molecule has 2 amide bonds. The van der Waals surface area contributed by atoms with Crippen LogP contribution in [0.3, 0.4) is 0 Å². The lowest BCUT2D eigenvalue weighted by Crippen LogP contribution is -2.40. The van der Waals surface area contributed by atoms with E-state index in [0.29, 0.717) is 46.4 Å². The highest BCUT2D eigenvalue weighted by atomic mass is 35.5. The molecule has 2 unspecified atom stereocenters. The maximum absolute atomic E-state index is 13.2. The monoisotopic (exact) mass is 542 g/mol. The van der Waals surface area contributed by atoms with Gasteiger partial charge in [0.05, 0.1) is 22.0 Å². The molecule has 3 rings (SSSR count). The molecule has 8 nitrogen and oxygen atoms in total. The standard InChI is InChI=1S/C27H32Cl2N6O2/c1-2-33-15-16-4-3-5-18(12-16)26(36)35-25(32)21-14-19(7-9-24(21)31)34-27(37)20(10-11-30)17-6-8-22(28)23(29)13-17/h3-9,12-13,19-20,33H,2,10-11,14-15,30-31H2,1H3,(H,34,37)(H2,32,35,36). The average molecular weight is 543 g/mol. The summed E-state index contributed by atoms with van der Waals surface area (Å²) in [6.45, 7) is 3.79. The maximum Gasteiger partial charge on any atom is 0.278 e. The highest BCUT2D eigenvalue weighted by Crippen LogP contribution is 2.28. The molecule has 37 heavy (non-hydrogen) atoms. The molecule has 0 saturated heterocycles. The number of hydrogen-bond donors (Lipinski definition) is 5. The summed E-state index contributed by atoms with van der Waals surface area (Å²) in [6.07, 6.45) is 4.15. The summed E-state index contributed by atoms with van der Waals surface area (Å²) in [4.78, 5) is 30.1. The van der Waals surface area contributed by atoms with Crippen molar-refractivity contribution in [1.29, 1.82) is 0 Å². The van der Waals surface area contributed by atoms with E-state index in [-0.39, 0.29) is 18.2 Å². The minimum absolute atomic E-state index is 0.0196. The molecule has 0 aromatic heterocycles. The summed E-state index contributed by atoms with van der Waals surface area (Å²) in [7, 11) is 0. The van der Waals surface area contributed by atoms with Gasteiger partial charge in [0.2, 0.25) is 5.91 Å². The first-order valence-electron chi connectivity index (χ1n) is 12.0. The first-order valence-corrected chi connectivity index (χ1v) is 12.8. The highest BCUT2D eigenvalue weighted by molar-refractivity contribution is 6.42. The molecule has 2 aromatic carbocycles.